The Bertz CT molecular complexity index is 301. The molecular formula is C10H24ClN3O2S. The van der Waals surface area contributed by atoms with Gasteiger partial charge in [0.05, 0.1) is 0 Å². The molecule has 17 heavy (non-hydrogen) atoms. The molecule has 0 amide bonds. The molecule has 1 heterocycles. The van der Waals surface area contributed by atoms with E-state index >= 15 is 0 Å². The minimum atomic E-state index is -3.25. The maximum atomic E-state index is 11.8. The fraction of sp³-hybridized carbons (Fsp3) is 1.00. The fourth-order valence-corrected chi connectivity index (χ4v) is 3.30. The summed E-state index contributed by atoms with van der Waals surface area (Å²) in [6, 6.07) is 0.161. The Morgan fingerprint density at radius 3 is 2.35 bits per heavy atom. The third kappa shape index (κ3) is 5.09. The van der Waals surface area contributed by atoms with Crippen LogP contribution in [0, 0.1) is 5.92 Å². The molecule has 1 atom stereocenters. The number of piperidine rings is 1. The maximum Gasteiger partial charge on any atom is 0.279 e. The first-order chi connectivity index (χ1) is 7.47. The van der Waals surface area contributed by atoms with Gasteiger partial charge in [0.2, 0.25) is 0 Å². The summed E-state index contributed by atoms with van der Waals surface area (Å²) in [5.74, 6) is 0.456. The number of hydrogen-bond donors (Lipinski definition) is 2. The Balaban J connectivity index is 0.00000256. The quantitative estimate of drug-likeness (QED) is 0.781. The lowest BCUT2D eigenvalue weighted by molar-refractivity contribution is 0.249. The van der Waals surface area contributed by atoms with E-state index in [9.17, 15) is 8.42 Å². The molecule has 1 aliphatic heterocycles. The van der Waals surface area contributed by atoms with Crippen molar-refractivity contribution in [3.05, 3.63) is 0 Å². The lowest BCUT2D eigenvalue weighted by Crippen LogP contribution is -2.47. The largest absolute Gasteiger partial charge is 0.328 e. The SMILES string of the molecule is CCCNS(=O)(=O)N1CCC(C(C)N)CC1.Cl. The summed E-state index contributed by atoms with van der Waals surface area (Å²) in [6.45, 7) is 5.63. The summed E-state index contributed by atoms with van der Waals surface area (Å²) < 4.78 is 27.7. The molecule has 0 aromatic rings. The average Bonchev–Trinajstić information content (AvgIpc) is 2.26. The highest BCUT2D eigenvalue weighted by atomic mass is 35.5. The Morgan fingerprint density at radius 1 is 1.41 bits per heavy atom. The highest BCUT2D eigenvalue weighted by molar-refractivity contribution is 7.87. The molecule has 0 saturated carbocycles. The first-order valence-electron chi connectivity index (χ1n) is 5.97. The van der Waals surface area contributed by atoms with Crippen molar-refractivity contribution in [1.29, 1.82) is 0 Å². The summed E-state index contributed by atoms with van der Waals surface area (Å²) >= 11 is 0. The summed E-state index contributed by atoms with van der Waals surface area (Å²) in [4.78, 5) is 0. The summed E-state index contributed by atoms with van der Waals surface area (Å²) in [6.07, 6.45) is 2.55. The van der Waals surface area contributed by atoms with Crippen LogP contribution in [0.15, 0.2) is 0 Å². The van der Waals surface area contributed by atoms with E-state index in [1.165, 1.54) is 4.31 Å². The third-order valence-corrected chi connectivity index (χ3v) is 4.73. The minimum Gasteiger partial charge on any atom is -0.328 e. The molecule has 0 bridgehead atoms. The second-order valence-electron chi connectivity index (χ2n) is 4.49. The van der Waals surface area contributed by atoms with Gasteiger partial charge in [0.15, 0.2) is 0 Å². The molecule has 1 fully saturated rings. The number of rotatable bonds is 5. The predicted molar refractivity (Wildman–Crippen MR) is 72.4 cm³/mol. The van der Waals surface area contributed by atoms with Gasteiger partial charge in [-0.1, -0.05) is 6.92 Å². The van der Waals surface area contributed by atoms with E-state index in [2.05, 4.69) is 4.72 Å². The van der Waals surface area contributed by atoms with Crippen molar-refractivity contribution in [1.82, 2.24) is 9.03 Å². The van der Waals surface area contributed by atoms with Crippen LogP contribution in [0.3, 0.4) is 0 Å². The van der Waals surface area contributed by atoms with Crippen molar-refractivity contribution in [2.75, 3.05) is 19.6 Å². The first-order valence-corrected chi connectivity index (χ1v) is 7.41. The molecule has 7 heteroatoms. The van der Waals surface area contributed by atoms with E-state index in [1.54, 1.807) is 0 Å². The van der Waals surface area contributed by atoms with Gasteiger partial charge in [-0.05, 0) is 32.1 Å². The molecule has 104 valence electrons. The van der Waals surface area contributed by atoms with E-state index in [1.807, 2.05) is 13.8 Å². The van der Waals surface area contributed by atoms with Crippen LogP contribution in [-0.4, -0.2) is 38.4 Å². The predicted octanol–water partition coefficient (Wildman–Crippen LogP) is 0.712. The normalized spacial score (nSPS) is 20.9. The molecule has 0 aromatic heterocycles. The van der Waals surface area contributed by atoms with E-state index in [0.717, 1.165) is 19.3 Å². The lowest BCUT2D eigenvalue weighted by Gasteiger charge is -2.32. The zero-order valence-electron chi connectivity index (χ0n) is 10.6. The van der Waals surface area contributed by atoms with Crippen LogP contribution < -0.4 is 10.5 Å². The van der Waals surface area contributed by atoms with Gasteiger partial charge in [0.25, 0.3) is 10.2 Å². The lowest BCUT2D eigenvalue weighted by atomic mass is 9.92. The second-order valence-corrected chi connectivity index (χ2v) is 6.25. The summed E-state index contributed by atoms with van der Waals surface area (Å²) in [5, 5.41) is 0. The average molecular weight is 286 g/mol. The topological polar surface area (TPSA) is 75.4 Å². The number of nitrogens with zero attached hydrogens (tertiary/aromatic N) is 1. The number of halogens is 1. The number of nitrogens with one attached hydrogen (secondary N) is 1. The maximum absolute atomic E-state index is 11.8. The molecule has 0 radical (unpaired) electrons. The van der Waals surface area contributed by atoms with Gasteiger partial charge < -0.3 is 5.73 Å². The van der Waals surface area contributed by atoms with Crippen molar-refractivity contribution in [2.45, 2.75) is 39.2 Å². The minimum absolute atomic E-state index is 0. The molecule has 1 unspecified atom stereocenters. The van der Waals surface area contributed by atoms with Gasteiger partial charge in [0.1, 0.15) is 0 Å². The van der Waals surface area contributed by atoms with Crippen LogP contribution >= 0.6 is 12.4 Å². The monoisotopic (exact) mass is 285 g/mol. The molecule has 0 aromatic carbocycles. The summed E-state index contributed by atoms with van der Waals surface area (Å²) in [7, 11) is -3.25. The molecule has 3 N–H and O–H groups in total. The molecule has 1 aliphatic rings. The summed E-state index contributed by atoms with van der Waals surface area (Å²) in [5.41, 5.74) is 5.82. The molecule has 0 aliphatic carbocycles. The Hall–Kier alpha value is 0.120. The van der Waals surface area contributed by atoms with Gasteiger partial charge in [0, 0.05) is 25.7 Å². The Morgan fingerprint density at radius 2 is 1.94 bits per heavy atom. The van der Waals surface area contributed by atoms with Crippen LogP contribution in [-0.2, 0) is 10.2 Å². The van der Waals surface area contributed by atoms with Gasteiger partial charge in [-0.3, -0.25) is 0 Å². The van der Waals surface area contributed by atoms with Gasteiger partial charge >= 0.3 is 0 Å². The first kappa shape index (κ1) is 17.1. The van der Waals surface area contributed by atoms with Crippen molar-refractivity contribution in [2.24, 2.45) is 11.7 Å². The van der Waals surface area contributed by atoms with E-state index in [0.29, 0.717) is 25.6 Å². The van der Waals surface area contributed by atoms with Crippen LogP contribution in [0.25, 0.3) is 0 Å². The molecular weight excluding hydrogens is 262 g/mol. The van der Waals surface area contributed by atoms with Crippen LogP contribution in [0.5, 0.6) is 0 Å². The highest BCUT2D eigenvalue weighted by Crippen LogP contribution is 2.20. The zero-order valence-corrected chi connectivity index (χ0v) is 12.2. The second kappa shape index (κ2) is 7.53. The van der Waals surface area contributed by atoms with Gasteiger partial charge in [-0.15, -0.1) is 12.4 Å². The third-order valence-electron chi connectivity index (χ3n) is 3.12. The molecule has 5 nitrogen and oxygen atoms in total. The smallest absolute Gasteiger partial charge is 0.279 e. The van der Waals surface area contributed by atoms with Crippen LogP contribution in [0.2, 0.25) is 0 Å². The van der Waals surface area contributed by atoms with Crippen molar-refractivity contribution in [3.8, 4) is 0 Å². The fourth-order valence-electron chi connectivity index (χ4n) is 1.96. The molecule has 1 saturated heterocycles. The van der Waals surface area contributed by atoms with Crippen molar-refractivity contribution in [3.63, 3.8) is 0 Å². The van der Waals surface area contributed by atoms with Crippen molar-refractivity contribution < 1.29 is 8.42 Å². The number of hydrogen-bond acceptors (Lipinski definition) is 3. The van der Waals surface area contributed by atoms with E-state index in [4.69, 9.17) is 5.73 Å². The van der Waals surface area contributed by atoms with Gasteiger partial charge in [-0.25, -0.2) is 4.72 Å². The standard InChI is InChI=1S/C10H23N3O2S.ClH/c1-3-6-12-16(14,15)13-7-4-10(5-8-13)9(2)11;/h9-10,12H,3-8,11H2,1-2H3;1H. The highest BCUT2D eigenvalue weighted by Gasteiger charge is 2.28. The Labute approximate surface area is 111 Å². The van der Waals surface area contributed by atoms with E-state index < -0.39 is 10.2 Å². The van der Waals surface area contributed by atoms with E-state index in [-0.39, 0.29) is 18.4 Å². The molecule has 0 spiro atoms. The zero-order chi connectivity index (χ0) is 12.2. The van der Waals surface area contributed by atoms with Crippen LogP contribution in [0.4, 0.5) is 0 Å². The van der Waals surface area contributed by atoms with Crippen molar-refractivity contribution >= 4 is 22.6 Å². The molecule has 1 rings (SSSR count). The van der Waals surface area contributed by atoms with Gasteiger partial charge in [-0.2, -0.15) is 12.7 Å². The van der Waals surface area contributed by atoms with Crippen LogP contribution in [0.1, 0.15) is 33.1 Å². The Kier molecular flexibility index (Phi) is 7.58. The number of nitrogens with two attached hydrogens (primary N) is 1.